The Morgan fingerprint density at radius 1 is 1.16 bits per heavy atom. The van der Waals surface area contributed by atoms with Crippen LogP contribution in [-0.4, -0.2) is 32.7 Å². The van der Waals surface area contributed by atoms with Gasteiger partial charge in [-0.05, 0) is 36.6 Å². The molecule has 1 saturated heterocycles. The van der Waals surface area contributed by atoms with Crippen LogP contribution in [0.15, 0.2) is 60.7 Å². The van der Waals surface area contributed by atoms with E-state index in [-0.39, 0.29) is 29.3 Å². The summed E-state index contributed by atoms with van der Waals surface area (Å²) < 4.78 is 0. The summed E-state index contributed by atoms with van der Waals surface area (Å²) in [5.41, 5.74) is 0.212. The summed E-state index contributed by atoms with van der Waals surface area (Å²) in [6.07, 6.45) is 4.17. The van der Waals surface area contributed by atoms with Crippen LogP contribution in [0.4, 0.5) is 5.69 Å². The molecular formula is C23H20ClN3O5. The number of benzene rings is 2. The quantitative estimate of drug-likeness (QED) is 0.295. The maximum absolute atomic E-state index is 13.5. The molecule has 0 unspecified atom stereocenters. The van der Waals surface area contributed by atoms with E-state index in [2.05, 4.69) is 0 Å². The summed E-state index contributed by atoms with van der Waals surface area (Å²) in [5.74, 6) is -2.86. The molecule has 9 heteroatoms. The topological polar surface area (TPSA) is 101 Å². The molecule has 1 aliphatic carbocycles. The molecule has 2 aromatic carbocycles. The van der Waals surface area contributed by atoms with Crippen LogP contribution in [0, 0.1) is 27.9 Å². The molecule has 1 heterocycles. The molecule has 8 nitrogen and oxygen atoms in total. The van der Waals surface area contributed by atoms with Gasteiger partial charge >= 0.3 is 0 Å². The average molecular weight is 454 g/mol. The third-order valence-electron chi connectivity index (χ3n) is 5.92. The van der Waals surface area contributed by atoms with Crippen LogP contribution >= 0.6 is 11.6 Å². The molecule has 0 N–H and O–H groups in total. The number of rotatable bonds is 5. The first-order valence-corrected chi connectivity index (χ1v) is 10.5. The van der Waals surface area contributed by atoms with Crippen molar-refractivity contribution < 1.29 is 19.3 Å². The highest BCUT2D eigenvalue weighted by Crippen LogP contribution is 2.40. The van der Waals surface area contributed by atoms with Crippen molar-refractivity contribution in [2.75, 3.05) is 0 Å². The van der Waals surface area contributed by atoms with Crippen molar-refractivity contribution in [1.29, 1.82) is 0 Å². The standard InChI is InChI=1S/C23H20ClN3O5/c1-14-5-4-7-18-20(14)23(30)26(22(18)29)25(21(28)15-9-11-17(24)12-10-15)13-16-6-2-3-8-19(16)27(31)32/h2-6,8-12,14,18,20H,7,13H2,1H3/t14-,18+,20-/m1/s1. The summed E-state index contributed by atoms with van der Waals surface area (Å²) in [6, 6.07) is 12.0. The molecular weight excluding hydrogens is 434 g/mol. The lowest BCUT2D eigenvalue weighted by Crippen LogP contribution is -2.50. The number of para-hydroxylation sites is 1. The number of carbonyl (C=O) groups excluding carboxylic acids is 3. The number of fused-ring (bicyclic) bond motifs is 1. The Hall–Kier alpha value is -3.52. The Morgan fingerprint density at radius 2 is 1.84 bits per heavy atom. The van der Waals surface area contributed by atoms with Crippen LogP contribution in [-0.2, 0) is 16.1 Å². The van der Waals surface area contributed by atoms with Crippen molar-refractivity contribution >= 4 is 35.0 Å². The Kier molecular flexibility index (Phi) is 5.80. The van der Waals surface area contributed by atoms with E-state index in [1.807, 2.05) is 19.1 Å². The van der Waals surface area contributed by atoms with Gasteiger partial charge in [-0.3, -0.25) is 24.5 Å². The van der Waals surface area contributed by atoms with E-state index in [0.29, 0.717) is 11.4 Å². The van der Waals surface area contributed by atoms with Gasteiger partial charge in [-0.1, -0.05) is 48.9 Å². The molecule has 2 aliphatic rings. The maximum Gasteiger partial charge on any atom is 0.274 e. The molecule has 32 heavy (non-hydrogen) atoms. The molecule has 3 amide bonds. The van der Waals surface area contributed by atoms with Crippen molar-refractivity contribution in [2.45, 2.75) is 19.9 Å². The molecule has 0 spiro atoms. The van der Waals surface area contributed by atoms with Gasteiger partial charge in [0, 0.05) is 16.7 Å². The molecule has 1 aliphatic heterocycles. The van der Waals surface area contributed by atoms with E-state index < -0.39 is 34.5 Å². The minimum Gasteiger partial charge on any atom is -0.272 e. The second-order valence-electron chi connectivity index (χ2n) is 7.90. The number of nitro benzene ring substituents is 1. The molecule has 0 bridgehead atoms. The van der Waals surface area contributed by atoms with Gasteiger partial charge in [0.05, 0.1) is 28.9 Å². The maximum atomic E-state index is 13.5. The Morgan fingerprint density at radius 3 is 2.50 bits per heavy atom. The number of amides is 3. The highest BCUT2D eigenvalue weighted by molar-refractivity contribution is 6.30. The SMILES string of the molecule is C[C@@H]1C=CC[C@@H]2C(=O)N(N(Cc3ccccc3[N+](=O)[O-])C(=O)c3ccc(Cl)cc3)C(=O)[C@H]12. The lowest BCUT2D eigenvalue weighted by atomic mass is 9.78. The predicted octanol–water partition coefficient (Wildman–Crippen LogP) is 4.00. The molecule has 2 aromatic rings. The zero-order valence-electron chi connectivity index (χ0n) is 17.2. The number of allylic oxidation sites excluding steroid dienone is 2. The fourth-order valence-corrected chi connectivity index (χ4v) is 4.45. The van der Waals surface area contributed by atoms with E-state index in [1.54, 1.807) is 6.07 Å². The highest BCUT2D eigenvalue weighted by Gasteiger charge is 2.53. The summed E-state index contributed by atoms with van der Waals surface area (Å²) in [5, 5.41) is 13.8. The van der Waals surface area contributed by atoms with E-state index in [9.17, 15) is 24.5 Å². The third kappa shape index (κ3) is 3.78. The van der Waals surface area contributed by atoms with E-state index in [4.69, 9.17) is 11.6 Å². The highest BCUT2D eigenvalue weighted by atomic mass is 35.5. The number of hydrogen-bond acceptors (Lipinski definition) is 5. The number of carbonyl (C=O) groups is 3. The smallest absolute Gasteiger partial charge is 0.272 e. The van der Waals surface area contributed by atoms with Crippen molar-refractivity contribution in [2.24, 2.45) is 17.8 Å². The van der Waals surface area contributed by atoms with Gasteiger partial charge in [0.2, 0.25) is 0 Å². The van der Waals surface area contributed by atoms with Crippen molar-refractivity contribution in [3.05, 3.63) is 86.9 Å². The number of hydrogen-bond donors (Lipinski definition) is 0. The van der Waals surface area contributed by atoms with Gasteiger partial charge in [0.15, 0.2) is 0 Å². The minimum atomic E-state index is -0.624. The number of nitrogens with zero attached hydrogens (tertiary/aromatic N) is 3. The largest absolute Gasteiger partial charge is 0.274 e. The Labute approximate surface area is 189 Å². The number of halogens is 1. The van der Waals surface area contributed by atoms with Gasteiger partial charge in [-0.15, -0.1) is 0 Å². The van der Waals surface area contributed by atoms with Crippen LogP contribution in [0.5, 0.6) is 0 Å². The molecule has 0 saturated carbocycles. The van der Waals surface area contributed by atoms with Gasteiger partial charge in [-0.2, -0.15) is 5.01 Å². The molecule has 3 atom stereocenters. The average Bonchev–Trinajstić information content (AvgIpc) is 3.03. The first-order chi connectivity index (χ1) is 15.3. The van der Waals surface area contributed by atoms with Crippen LogP contribution in [0.2, 0.25) is 5.02 Å². The van der Waals surface area contributed by atoms with Gasteiger partial charge in [0.25, 0.3) is 23.4 Å². The lowest BCUT2D eigenvalue weighted by molar-refractivity contribution is -0.385. The lowest BCUT2D eigenvalue weighted by Gasteiger charge is -2.30. The van der Waals surface area contributed by atoms with E-state index in [1.165, 1.54) is 42.5 Å². The molecule has 0 aromatic heterocycles. The Balaban J connectivity index is 1.77. The van der Waals surface area contributed by atoms with E-state index >= 15 is 0 Å². The minimum absolute atomic E-state index is 0.159. The second kappa shape index (κ2) is 8.55. The van der Waals surface area contributed by atoms with Gasteiger partial charge < -0.3 is 0 Å². The van der Waals surface area contributed by atoms with Crippen molar-refractivity contribution in [3.63, 3.8) is 0 Å². The molecule has 164 valence electrons. The van der Waals surface area contributed by atoms with E-state index in [0.717, 1.165) is 10.0 Å². The van der Waals surface area contributed by atoms with Gasteiger partial charge in [0.1, 0.15) is 0 Å². The zero-order chi connectivity index (χ0) is 23.0. The number of hydrazine groups is 1. The molecule has 4 rings (SSSR count). The normalized spacial score (nSPS) is 22.1. The summed E-state index contributed by atoms with van der Waals surface area (Å²) in [7, 11) is 0. The van der Waals surface area contributed by atoms with Crippen LogP contribution in [0.25, 0.3) is 0 Å². The zero-order valence-corrected chi connectivity index (χ0v) is 17.9. The third-order valence-corrected chi connectivity index (χ3v) is 6.18. The van der Waals surface area contributed by atoms with Crippen molar-refractivity contribution in [1.82, 2.24) is 10.0 Å². The van der Waals surface area contributed by atoms with Crippen LogP contribution < -0.4 is 0 Å². The van der Waals surface area contributed by atoms with Crippen LogP contribution in [0.1, 0.15) is 29.3 Å². The number of nitro groups is 1. The van der Waals surface area contributed by atoms with Crippen LogP contribution in [0.3, 0.4) is 0 Å². The summed E-state index contributed by atoms with van der Waals surface area (Å²) in [6.45, 7) is 1.55. The fourth-order valence-electron chi connectivity index (χ4n) is 4.33. The summed E-state index contributed by atoms with van der Waals surface area (Å²) >= 11 is 5.93. The fraction of sp³-hybridized carbons (Fsp3) is 0.261. The molecule has 0 radical (unpaired) electrons. The summed E-state index contributed by atoms with van der Waals surface area (Å²) in [4.78, 5) is 51.0. The second-order valence-corrected chi connectivity index (χ2v) is 8.34. The monoisotopic (exact) mass is 453 g/mol. The predicted molar refractivity (Wildman–Crippen MR) is 116 cm³/mol. The first-order valence-electron chi connectivity index (χ1n) is 10.1. The molecule has 1 fully saturated rings. The number of imide groups is 1. The first kappa shape index (κ1) is 21.7. The van der Waals surface area contributed by atoms with Gasteiger partial charge in [-0.25, -0.2) is 5.01 Å². The Bertz CT molecular complexity index is 1130. The van der Waals surface area contributed by atoms with Crippen molar-refractivity contribution in [3.8, 4) is 0 Å².